The van der Waals surface area contributed by atoms with Crippen LogP contribution >= 0.6 is 11.6 Å². The van der Waals surface area contributed by atoms with Crippen LogP contribution in [0.25, 0.3) is 0 Å². The summed E-state index contributed by atoms with van der Waals surface area (Å²) in [5, 5.41) is 3.27. The van der Waals surface area contributed by atoms with Gasteiger partial charge in [-0.05, 0) is 37.5 Å². The lowest BCUT2D eigenvalue weighted by Crippen LogP contribution is -2.30. The Morgan fingerprint density at radius 3 is 2.64 bits per heavy atom. The third-order valence-corrected chi connectivity index (χ3v) is 4.58. The lowest BCUT2D eigenvalue weighted by atomic mass is 10.2. The fourth-order valence-corrected chi connectivity index (χ4v) is 3.17. The zero-order valence-corrected chi connectivity index (χ0v) is 13.2. The fourth-order valence-electron chi connectivity index (χ4n) is 2.91. The van der Waals surface area contributed by atoms with Crippen molar-refractivity contribution in [2.45, 2.75) is 19.3 Å². The number of ether oxygens (including phenoxy) is 1. The van der Waals surface area contributed by atoms with Gasteiger partial charge in [0.2, 0.25) is 11.8 Å². The average Bonchev–Trinajstić information content (AvgIpc) is 3.12. The second kappa shape index (κ2) is 6.16. The first-order valence-corrected chi connectivity index (χ1v) is 7.91. The molecule has 118 valence electrons. The van der Waals surface area contributed by atoms with Crippen molar-refractivity contribution in [1.82, 2.24) is 4.90 Å². The fraction of sp³-hybridized carbons (Fsp3) is 0.500. The van der Waals surface area contributed by atoms with E-state index in [1.807, 2.05) is 4.90 Å². The second-order valence-electron chi connectivity index (χ2n) is 5.82. The van der Waals surface area contributed by atoms with Crippen LogP contribution < -0.4 is 10.1 Å². The van der Waals surface area contributed by atoms with Crippen molar-refractivity contribution in [3.05, 3.63) is 23.2 Å². The Morgan fingerprint density at radius 1 is 1.27 bits per heavy atom. The summed E-state index contributed by atoms with van der Waals surface area (Å²) in [5.74, 6) is 0.221. The number of nitrogens with zero attached hydrogens (tertiary/aromatic N) is 1. The van der Waals surface area contributed by atoms with E-state index in [1.165, 1.54) is 7.11 Å². The number of benzene rings is 1. The van der Waals surface area contributed by atoms with Crippen LogP contribution in [-0.4, -0.2) is 36.9 Å². The summed E-state index contributed by atoms with van der Waals surface area (Å²) >= 11 is 6.04. The molecule has 0 spiro atoms. The van der Waals surface area contributed by atoms with Gasteiger partial charge in [0, 0.05) is 18.8 Å². The standard InChI is InChI=1S/C16H19ClN2O3/c1-22-14-5-4-10(8-13(14)17)18-15(20)11-9-12(11)16(21)19-6-2-3-7-19/h4-5,8,11-12H,2-3,6-7,9H2,1H3,(H,18,20). The molecule has 2 fully saturated rings. The number of carbonyl (C=O) groups is 2. The molecule has 2 aliphatic rings. The van der Waals surface area contributed by atoms with E-state index in [0.717, 1.165) is 25.9 Å². The van der Waals surface area contributed by atoms with E-state index in [0.29, 0.717) is 22.9 Å². The van der Waals surface area contributed by atoms with Gasteiger partial charge in [-0.25, -0.2) is 0 Å². The van der Waals surface area contributed by atoms with Crippen molar-refractivity contribution < 1.29 is 14.3 Å². The third kappa shape index (κ3) is 3.04. The van der Waals surface area contributed by atoms with Gasteiger partial charge in [0.15, 0.2) is 0 Å². The van der Waals surface area contributed by atoms with E-state index in [9.17, 15) is 9.59 Å². The summed E-state index contributed by atoms with van der Waals surface area (Å²) in [7, 11) is 1.54. The first kappa shape index (κ1) is 15.2. The first-order valence-electron chi connectivity index (χ1n) is 7.53. The van der Waals surface area contributed by atoms with Gasteiger partial charge in [0.25, 0.3) is 0 Å². The van der Waals surface area contributed by atoms with E-state index >= 15 is 0 Å². The Balaban J connectivity index is 1.57. The minimum atomic E-state index is -0.214. The number of carbonyl (C=O) groups excluding carboxylic acids is 2. The third-order valence-electron chi connectivity index (χ3n) is 4.28. The van der Waals surface area contributed by atoms with Gasteiger partial charge < -0.3 is 15.0 Å². The molecule has 1 heterocycles. The first-order chi connectivity index (χ1) is 10.6. The Hall–Kier alpha value is -1.75. The molecule has 2 atom stereocenters. The number of nitrogens with one attached hydrogen (secondary N) is 1. The Labute approximate surface area is 134 Å². The molecule has 1 aromatic rings. The van der Waals surface area contributed by atoms with E-state index in [1.54, 1.807) is 18.2 Å². The maximum Gasteiger partial charge on any atom is 0.228 e. The SMILES string of the molecule is COc1ccc(NC(=O)C2CC2C(=O)N2CCCC2)cc1Cl. The molecule has 6 heteroatoms. The van der Waals surface area contributed by atoms with Gasteiger partial charge in [-0.15, -0.1) is 0 Å². The van der Waals surface area contributed by atoms with Gasteiger partial charge in [-0.1, -0.05) is 11.6 Å². The summed E-state index contributed by atoms with van der Waals surface area (Å²) < 4.78 is 5.08. The van der Waals surface area contributed by atoms with Gasteiger partial charge >= 0.3 is 0 Å². The number of halogens is 1. The maximum absolute atomic E-state index is 12.2. The quantitative estimate of drug-likeness (QED) is 0.926. The molecular formula is C16H19ClN2O3. The minimum absolute atomic E-state index is 0.112. The molecule has 1 saturated carbocycles. The highest BCUT2D eigenvalue weighted by molar-refractivity contribution is 6.32. The van der Waals surface area contributed by atoms with E-state index in [-0.39, 0.29) is 23.7 Å². The molecule has 0 bridgehead atoms. The minimum Gasteiger partial charge on any atom is -0.495 e. The molecular weight excluding hydrogens is 304 g/mol. The summed E-state index contributed by atoms with van der Waals surface area (Å²) in [4.78, 5) is 26.3. The average molecular weight is 323 g/mol. The molecule has 1 aromatic carbocycles. The Bertz CT molecular complexity index is 599. The Kier molecular flexibility index (Phi) is 4.25. The maximum atomic E-state index is 12.2. The lowest BCUT2D eigenvalue weighted by molar-refractivity contribution is -0.133. The summed E-state index contributed by atoms with van der Waals surface area (Å²) in [5.41, 5.74) is 0.620. The van der Waals surface area contributed by atoms with Crippen molar-refractivity contribution in [2.24, 2.45) is 11.8 Å². The molecule has 1 N–H and O–H groups in total. The van der Waals surface area contributed by atoms with Gasteiger partial charge in [0.05, 0.1) is 24.0 Å². The van der Waals surface area contributed by atoms with E-state index in [4.69, 9.17) is 16.3 Å². The van der Waals surface area contributed by atoms with Crippen LogP contribution in [0.5, 0.6) is 5.75 Å². The number of hydrogen-bond acceptors (Lipinski definition) is 3. The van der Waals surface area contributed by atoms with Crippen molar-refractivity contribution in [2.75, 3.05) is 25.5 Å². The molecule has 2 amide bonds. The molecule has 3 rings (SSSR count). The van der Waals surface area contributed by atoms with Gasteiger partial charge in [-0.3, -0.25) is 9.59 Å². The molecule has 1 saturated heterocycles. The van der Waals surface area contributed by atoms with Crippen LogP contribution in [0.3, 0.4) is 0 Å². The number of likely N-dealkylation sites (tertiary alicyclic amines) is 1. The van der Waals surface area contributed by atoms with Crippen LogP contribution in [0.2, 0.25) is 5.02 Å². The Morgan fingerprint density at radius 2 is 2.00 bits per heavy atom. The summed E-state index contributed by atoms with van der Waals surface area (Å²) in [6.45, 7) is 1.66. The highest BCUT2D eigenvalue weighted by atomic mass is 35.5. The number of amides is 2. The van der Waals surface area contributed by atoms with Crippen LogP contribution in [0.15, 0.2) is 18.2 Å². The zero-order valence-electron chi connectivity index (χ0n) is 12.5. The second-order valence-corrected chi connectivity index (χ2v) is 6.23. The largest absolute Gasteiger partial charge is 0.495 e. The van der Waals surface area contributed by atoms with Gasteiger partial charge in [0.1, 0.15) is 5.75 Å². The predicted octanol–water partition coefficient (Wildman–Crippen LogP) is 2.55. The van der Waals surface area contributed by atoms with Crippen LogP contribution in [0.1, 0.15) is 19.3 Å². The zero-order chi connectivity index (χ0) is 15.7. The molecule has 22 heavy (non-hydrogen) atoms. The molecule has 0 aromatic heterocycles. The smallest absolute Gasteiger partial charge is 0.228 e. The molecule has 1 aliphatic carbocycles. The predicted molar refractivity (Wildman–Crippen MR) is 84.0 cm³/mol. The van der Waals surface area contributed by atoms with Crippen molar-refractivity contribution in [3.8, 4) is 5.75 Å². The molecule has 1 aliphatic heterocycles. The van der Waals surface area contributed by atoms with Crippen molar-refractivity contribution >= 4 is 29.1 Å². The molecule has 2 unspecified atom stereocenters. The van der Waals surface area contributed by atoms with E-state index < -0.39 is 0 Å². The summed E-state index contributed by atoms with van der Waals surface area (Å²) in [6.07, 6.45) is 2.78. The number of hydrogen-bond donors (Lipinski definition) is 1. The highest BCUT2D eigenvalue weighted by Gasteiger charge is 2.49. The monoisotopic (exact) mass is 322 g/mol. The lowest BCUT2D eigenvalue weighted by Gasteiger charge is -2.15. The molecule has 0 radical (unpaired) electrons. The number of methoxy groups -OCH3 is 1. The van der Waals surface area contributed by atoms with E-state index in [2.05, 4.69) is 5.32 Å². The van der Waals surface area contributed by atoms with Gasteiger partial charge in [-0.2, -0.15) is 0 Å². The normalized spacial score (nSPS) is 23.3. The van der Waals surface area contributed by atoms with Crippen LogP contribution in [-0.2, 0) is 9.59 Å². The van der Waals surface area contributed by atoms with Crippen LogP contribution in [0, 0.1) is 11.8 Å². The number of rotatable bonds is 4. The van der Waals surface area contributed by atoms with Crippen molar-refractivity contribution in [1.29, 1.82) is 0 Å². The topological polar surface area (TPSA) is 58.6 Å². The van der Waals surface area contributed by atoms with Crippen LogP contribution in [0.4, 0.5) is 5.69 Å². The van der Waals surface area contributed by atoms with Crippen molar-refractivity contribution in [3.63, 3.8) is 0 Å². The summed E-state index contributed by atoms with van der Waals surface area (Å²) in [6, 6.07) is 5.10. The molecule has 5 nitrogen and oxygen atoms in total. The number of anilines is 1. The highest BCUT2D eigenvalue weighted by Crippen LogP contribution is 2.41.